The molecule has 7 nitrogen and oxygen atoms in total. The number of rotatable bonds is 7. The molecule has 0 radical (unpaired) electrons. The van der Waals surface area contributed by atoms with Crippen molar-refractivity contribution in [3.05, 3.63) is 101 Å². The topological polar surface area (TPSA) is 110 Å². The lowest BCUT2D eigenvalue weighted by molar-refractivity contribution is 0.284. The summed E-state index contributed by atoms with van der Waals surface area (Å²) < 4.78 is 13.0. The number of hydrogen-bond donors (Lipinski definition) is 1. The van der Waals surface area contributed by atoms with Crippen LogP contribution in [0.25, 0.3) is 17.3 Å². The minimum absolute atomic E-state index is 0.131. The van der Waals surface area contributed by atoms with E-state index in [1.165, 1.54) is 4.68 Å². The van der Waals surface area contributed by atoms with Gasteiger partial charge in [-0.2, -0.15) is 15.6 Å². The molecule has 0 bridgehead atoms. The second kappa shape index (κ2) is 10.1. The highest BCUT2D eigenvalue weighted by molar-refractivity contribution is 5.92. The van der Waals surface area contributed by atoms with Crippen LogP contribution in [-0.2, 0) is 6.61 Å². The van der Waals surface area contributed by atoms with Crippen molar-refractivity contribution in [3.8, 4) is 29.3 Å². The molecule has 0 aliphatic rings. The minimum atomic E-state index is 0.131. The molecular formula is C27H21N5O2. The number of nitriles is 2. The smallest absolute Gasteiger partial charge is 0.168 e. The minimum Gasteiger partial charge on any atom is -0.493 e. The normalized spacial score (nSPS) is 10.9. The van der Waals surface area contributed by atoms with Crippen LogP contribution in [0.2, 0.25) is 0 Å². The zero-order valence-corrected chi connectivity index (χ0v) is 18.5. The molecule has 0 spiro atoms. The maximum absolute atomic E-state index is 9.97. The van der Waals surface area contributed by atoms with Crippen molar-refractivity contribution in [1.29, 1.82) is 10.5 Å². The van der Waals surface area contributed by atoms with E-state index < -0.39 is 0 Å². The Labute approximate surface area is 197 Å². The lowest BCUT2D eigenvalue weighted by Crippen LogP contribution is -2.02. The number of aromatic nitrogens is 2. The van der Waals surface area contributed by atoms with Crippen LogP contribution in [-0.4, -0.2) is 16.9 Å². The van der Waals surface area contributed by atoms with Crippen LogP contribution in [0.1, 0.15) is 22.4 Å². The molecule has 0 unspecified atom stereocenters. The average Bonchev–Trinajstić information content (AvgIpc) is 3.23. The summed E-state index contributed by atoms with van der Waals surface area (Å²) in [5, 5.41) is 24.2. The Kier molecular flexibility index (Phi) is 6.58. The summed E-state index contributed by atoms with van der Waals surface area (Å²) >= 11 is 0. The summed E-state index contributed by atoms with van der Waals surface area (Å²) in [6.07, 6.45) is 1.63. The molecule has 166 valence electrons. The molecule has 0 saturated heterocycles. The lowest BCUT2D eigenvalue weighted by Gasteiger charge is -2.13. The predicted octanol–water partition coefficient (Wildman–Crippen LogP) is 4.98. The fourth-order valence-corrected chi connectivity index (χ4v) is 3.50. The molecule has 4 rings (SSSR count). The van der Waals surface area contributed by atoms with E-state index in [1.807, 2.05) is 66.7 Å². The highest BCUT2D eigenvalue weighted by Crippen LogP contribution is 2.35. The van der Waals surface area contributed by atoms with Gasteiger partial charge in [0.15, 0.2) is 11.5 Å². The SMILES string of the molecule is COc1cccc(/C=C(/C#N)c2nn(-c3ccccc3)c(N)c2C#N)c1OCc1ccccc1. The second-order valence-corrected chi connectivity index (χ2v) is 7.29. The van der Waals surface area contributed by atoms with Gasteiger partial charge in [-0.15, -0.1) is 0 Å². The van der Waals surface area contributed by atoms with Crippen LogP contribution >= 0.6 is 0 Å². The van der Waals surface area contributed by atoms with Gasteiger partial charge < -0.3 is 15.2 Å². The van der Waals surface area contributed by atoms with E-state index in [2.05, 4.69) is 17.2 Å². The Morgan fingerprint density at radius 2 is 1.71 bits per heavy atom. The third-order valence-electron chi connectivity index (χ3n) is 5.16. The first-order valence-corrected chi connectivity index (χ1v) is 10.5. The highest BCUT2D eigenvalue weighted by atomic mass is 16.5. The van der Waals surface area contributed by atoms with Crippen molar-refractivity contribution in [1.82, 2.24) is 9.78 Å². The molecular weight excluding hydrogens is 426 g/mol. The number of ether oxygens (including phenoxy) is 2. The number of nitrogens with two attached hydrogens (primary N) is 1. The van der Waals surface area contributed by atoms with Gasteiger partial charge >= 0.3 is 0 Å². The van der Waals surface area contributed by atoms with Crippen molar-refractivity contribution in [2.75, 3.05) is 12.8 Å². The van der Waals surface area contributed by atoms with Crippen molar-refractivity contribution in [3.63, 3.8) is 0 Å². The zero-order chi connectivity index (χ0) is 23.9. The van der Waals surface area contributed by atoms with Gasteiger partial charge in [0.2, 0.25) is 0 Å². The maximum Gasteiger partial charge on any atom is 0.168 e. The summed E-state index contributed by atoms with van der Waals surface area (Å²) in [5.74, 6) is 1.17. The lowest BCUT2D eigenvalue weighted by atomic mass is 10.0. The highest BCUT2D eigenvalue weighted by Gasteiger charge is 2.21. The molecule has 3 aromatic carbocycles. The molecule has 4 aromatic rings. The quantitative estimate of drug-likeness (QED) is 0.400. The number of allylic oxidation sites excluding steroid dienone is 1. The van der Waals surface area contributed by atoms with Crippen molar-refractivity contribution < 1.29 is 9.47 Å². The first kappa shape index (κ1) is 22.2. The van der Waals surface area contributed by atoms with Crippen LogP contribution in [0.5, 0.6) is 11.5 Å². The third kappa shape index (κ3) is 4.45. The Morgan fingerprint density at radius 3 is 2.35 bits per heavy atom. The van der Waals surface area contributed by atoms with Crippen LogP contribution in [0.15, 0.2) is 78.9 Å². The molecule has 1 heterocycles. The molecule has 0 amide bonds. The Bertz CT molecular complexity index is 1410. The Balaban J connectivity index is 1.78. The van der Waals surface area contributed by atoms with Gasteiger partial charge in [0, 0.05) is 5.56 Å². The van der Waals surface area contributed by atoms with Crippen LogP contribution in [0, 0.1) is 22.7 Å². The van der Waals surface area contributed by atoms with Gasteiger partial charge in [-0.25, -0.2) is 4.68 Å². The Morgan fingerprint density at radius 1 is 1.00 bits per heavy atom. The number of para-hydroxylation sites is 2. The molecule has 34 heavy (non-hydrogen) atoms. The first-order valence-electron chi connectivity index (χ1n) is 10.5. The molecule has 0 fully saturated rings. The van der Waals surface area contributed by atoms with Gasteiger partial charge in [-0.05, 0) is 29.8 Å². The summed E-state index contributed by atoms with van der Waals surface area (Å²) in [5.41, 5.74) is 9.02. The summed E-state index contributed by atoms with van der Waals surface area (Å²) in [7, 11) is 1.55. The van der Waals surface area contributed by atoms with E-state index >= 15 is 0 Å². The van der Waals surface area contributed by atoms with Crippen LogP contribution in [0.4, 0.5) is 5.82 Å². The standard InChI is InChI=1S/C27H21N5O2/c1-33-24-14-8-11-20(26(24)34-18-19-9-4-2-5-10-19)15-21(16-28)25-23(17-29)27(30)32(31-25)22-12-6-3-7-13-22/h2-15H,18,30H2,1H3/b21-15-. The molecule has 0 aliphatic carbocycles. The summed E-state index contributed by atoms with van der Waals surface area (Å²) in [6.45, 7) is 0.322. The molecule has 1 aromatic heterocycles. The monoisotopic (exact) mass is 447 g/mol. The molecule has 7 heteroatoms. The fraction of sp³-hybridized carbons (Fsp3) is 0.0741. The van der Waals surface area contributed by atoms with E-state index in [0.717, 1.165) is 5.56 Å². The van der Waals surface area contributed by atoms with Gasteiger partial charge in [0.25, 0.3) is 0 Å². The second-order valence-electron chi connectivity index (χ2n) is 7.29. The average molecular weight is 447 g/mol. The number of anilines is 1. The van der Waals surface area contributed by atoms with Crippen LogP contribution in [0.3, 0.4) is 0 Å². The van der Waals surface area contributed by atoms with E-state index in [4.69, 9.17) is 15.2 Å². The predicted molar refractivity (Wildman–Crippen MR) is 130 cm³/mol. The number of methoxy groups -OCH3 is 1. The van der Waals surface area contributed by atoms with Gasteiger partial charge in [0.1, 0.15) is 35.8 Å². The maximum atomic E-state index is 9.97. The van der Waals surface area contributed by atoms with Gasteiger partial charge in [0.05, 0.1) is 18.4 Å². The molecule has 2 N–H and O–H groups in total. The first-order chi connectivity index (χ1) is 16.7. The van der Waals surface area contributed by atoms with Gasteiger partial charge in [-0.3, -0.25) is 0 Å². The van der Waals surface area contributed by atoms with E-state index in [0.29, 0.717) is 29.4 Å². The zero-order valence-electron chi connectivity index (χ0n) is 18.5. The van der Waals surface area contributed by atoms with E-state index in [9.17, 15) is 10.5 Å². The largest absolute Gasteiger partial charge is 0.493 e. The summed E-state index contributed by atoms with van der Waals surface area (Å²) in [4.78, 5) is 0. The van der Waals surface area contributed by atoms with Crippen molar-refractivity contribution in [2.24, 2.45) is 0 Å². The van der Waals surface area contributed by atoms with Crippen LogP contribution < -0.4 is 15.2 Å². The number of hydrogen-bond acceptors (Lipinski definition) is 6. The molecule has 0 aliphatic heterocycles. The third-order valence-corrected chi connectivity index (χ3v) is 5.16. The Hall–Kier alpha value is -5.01. The van der Waals surface area contributed by atoms with E-state index in [1.54, 1.807) is 25.3 Å². The number of nitrogen functional groups attached to an aromatic ring is 1. The number of nitrogens with zero attached hydrogens (tertiary/aromatic N) is 4. The van der Waals surface area contributed by atoms with Gasteiger partial charge in [-0.1, -0.05) is 60.7 Å². The number of benzene rings is 3. The van der Waals surface area contributed by atoms with Crippen molar-refractivity contribution >= 4 is 17.5 Å². The van der Waals surface area contributed by atoms with E-state index in [-0.39, 0.29) is 22.6 Å². The fourth-order valence-electron chi connectivity index (χ4n) is 3.50. The molecule has 0 saturated carbocycles. The summed E-state index contributed by atoms with van der Waals surface area (Å²) in [6, 6.07) is 28.6. The molecule has 0 atom stereocenters. The van der Waals surface area contributed by atoms with Crippen molar-refractivity contribution in [2.45, 2.75) is 6.61 Å².